The summed E-state index contributed by atoms with van der Waals surface area (Å²) in [6.45, 7) is 3.66. The summed E-state index contributed by atoms with van der Waals surface area (Å²) in [7, 11) is 0. The van der Waals surface area contributed by atoms with Crippen molar-refractivity contribution in [3.63, 3.8) is 0 Å². The van der Waals surface area contributed by atoms with Gasteiger partial charge in [0.15, 0.2) is 17.2 Å². The van der Waals surface area contributed by atoms with E-state index >= 15 is 0 Å². The van der Waals surface area contributed by atoms with E-state index < -0.39 is 5.82 Å². The Kier molecular flexibility index (Phi) is 3.25. The van der Waals surface area contributed by atoms with Gasteiger partial charge in [0.05, 0.1) is 17.0 Å². The predicted octanol–water partition coefficient (Wildman–Crippen LogP) is 3.46. The molecule has 1 aromatic carbocycles. The van der Waals surface area contributed by atoms with Crippen molar-refractivity contribution in [3.05, 3.63) is 58.9 Å². The normalized spacial score (nSPS) is 11.0. The van der Waals surface area contributed by atoms with Gasteiger partial charge in [0, 0.05) is 5.39 Å². The molecule has 0 saturated heterocycles. The Hall–Kier alpha value is -2.56. The monoisotopic (exact) mass is 284 g/mol. The van der Waals surface area contributed by atoms with Crippen molar-refractivity contribution in [1.29, 1.82) is 0 Å². The molecule has 0 unspecified atom stereocenters. The lowest BCUT2D eigenvalue weighted by atomic mass is 10.1. The number of ketones is 1. The first-order valence-corrected chi connectivity index (χ1v) is 6.66. The fraction of sp³-hybridized carbons (Fsp3) is 0.188. The minimum Gasteiger partial charge on any atom is -0.449 e. The van der Waals surface area contributed by atoms with Gasteiger partial charge in [-0.1, -0.05) is 19.1 Å². The lowest BCUT2D eigenvalue weighted by molar-refractivity contribution is 0.101. The lowest BCUT2D eigenvalue weighted by Gasteiger charge is -2.04. The van der Waals surface area contributed by atoms with Gasteiger partial charge in [0.1, 0.15) is 0 Å². The van der Waals surface area contributed by atoms with Crippen LogP contribution in [0.15, 0.2) is 34.7 Å². The van der Waals surface area contributed by atoms with Crippen LogP contribution in [0.5, 0.6) is 0 Å². The first-order valence-electron chi connectivity index (χ1n) is 6.66. The second-order valence-corrected chi connectivity index (χ2v) is 4.80. The SMILES string of the molecule is CCc1nnc(C)cc1C(=O)c1cc2cccc(F)c2o1. The Bertz CT molecular complexity index is 839. The molecule has 106 valence electrons. The van der Waals surface area contributed by atoms with Crippen LogP contribution in [0.2, 0.25) is 0 Å². The molecule has 4 nitrogen and oxygen atoms in total. The van der Waals surface area contributed by atoms with E-state index in [4.69, 9.17) is 4.42 Å². The van der Waals surface area contributed by atoms with E-state index in [9.17, 15) is 9.18 Å². The van der Waals surface area contributed by atoms with E-state index in [1.807, 2.05) is 6.92 Å². The molecule has 0 bridgehead atoms. The van der Waals surface area contributed by atoms with E-state index in [0.717, 1.165) is 0 Å². The first kappa shape index (κ1) is 13.4. The highest BCUT2D eigenvalue weighted by molar-refractivity contribution is 6.09. The minimum atomic E-state index is -0.480. The highest BCUT2D eigenvalue weighted by Crippen LogP contribution is 2.24. The Morgan fingerprint density at radius 1 is 1.29 bits per heavy atom. The van der Waals surface area contributed by atoms with Crippen molar-refractivity contribution in [2.24, 2.45) is 0 Å². The number of rotatable bonds is 3. The van der Waals surface area contributed by atoms with E-state index in [0.29, 0.717) is 28.8 Å². The quantitative estimate of drug-likeness (QED) is 0.691. The Labute approximate surface area is 120 Å². The molecular formula is C16H13FN2O2. The summed E-state index contributed by atoms with van der Waals surface area (Å²) in [4.78, 5) is 12.6. The molecule has 3 rings (SSSR count). The zero-order chi connectivity index (χ0) is 15.0. The van der Waals surface area contributed by atoms with Crippen LogP contribution in [0.3, 0.4) is 0 Å². The molecule has 0 aliphatic rings. The standard InChI is InChI=1S/C16H13FN2O2/c1-3-13-11(7-9(2)18-19-13)15(20)14-8-10-5-4-6-12(17)16(10)21-14/h4-8H,3H2,1-2H3. The van der Waals surface area contributed by atoms with Gasteiger partial charge in [-0.05, 0) is 31.5 Å². The van der Waals surface area contributed by atoms with Gasteiger partial charge in [0.2, 0.25) is 5.78 Å². The van der Waals surface area contributed by atoms with Crippen molar-refractivity contribution in [2.45, 2.75) is 20.3 Å². The van der Waals surface area contributed by atoms with Crippen molar-refractivity contribution in [3.8, 4) is 0 Å². The third-order valence-electron chi connectivity index (χ3n) is 3.29. The van der Waals surface area contributed by atoms with Gasteiger partial charge in [0.25, 0.3) is 0 Å². The molecule has 3 aromatic rings. The number of carbonyl (C=O) groups is 1. The van der Waals surface area contributed by atoms with Gasteiger partial charge in [-0.15, -0.1) is 0 Å². The molecule has 0 saturated carbocycles. The van der Waals surface area contributed by atoms with Crippen LogP contribution in [0.1, 0.15) is 34.4 Å². The average molecular weight is 284 g/mol. The number of benzene rings is 1. The number of nitrogens with zero attached hydrogens (tertiary/aromatic N) is 2. The highest BCUT2D eigenvalue weighted by atomic mass is 19.1. The summed E-state index contributed by atoms with van der Waals surface area (Å²) >= 11 is 0. The van der Waals surface area contributed by atoms with Crippen molar-refractivity contribution >= 4 is 16.8 Å². The maximum Gasteiger partial charge on any atom is 0.230 e. The molecule has 5 heteroatoms. The van der Waals surface area contributed by atoms with Crippen LogP contribution in [-0.2, 0) is 6.42 Å². The maximum atomic E-state index is 13.6. The number of aromatic nitrogens is 2. The fourth-order valence-electron chi connectivity index (χ4n) is 2.24. The molecule has 0 fully saturated rings. The number of fused-ring (bicyclic) bond motifs is 1. The van der Waals surface area contributed by atoms with Crippen molar-refractivity contribution in [2.75, 3.05) is 0 Å². The lowest BCUT2D eigenvalue weighted by Crippen LogP contribution is -2.08. The second kappa shape index (κ2) is 5.09. The number of furan rings is 1. The fourth-order valence-corrected chi connectivity index (χ4v) is 2.24. The zero-order valence-electron chi connectivity index (χ0n) is 11.7. The smallest absolute Gasteiger partial charge is 0.230 e. The topological polar surface area (TPSA) is 56.0 Å². The summed E-state index contributed by atoms with van der Waals surface area (Å²) in [6, 6.07) is 7.82. The minimum absolute atomic E-state index is 0.0950. The molecular weight excluding hydrogens is 271 g/mol. The molecule has 21 heavy (non-hydrogen) atoms. The largest absolute Gasteiger partial charge is 0.449 e. The Morgan fingerprint density at radius 2 is 2.10 bits per heavy atom. The van der Waals surface area contributed by atoms with Gasteiger partial charge in [-0.2, -0.15) is 10.2 Å². The zero-order valence-corrected chi connectivity index (χ0v) is 11.7. The highest BCUT2D eigenvalue weighted by Gasteiger charge is 2.20. The van der Waals surface area contributed by atoms with Crippen LogP contribution in [0.25, 0.3) is 11.0 Å². The summed E-state index contributed by atoms with van der Waals surface area (Å²) < 4.78 is 19.0. The Morgan fingerprint density at radius 3 is 2.81 bits per heavy atom. The van der Waals surface area contributed by atoms with E-state index in [1.165, 1.54) is 6.07 Å². The molecule has 0 amide bonds. The van der Waals surface area contributed by atoms with Crippen LogP contribution >= 0.6 is 0 Å². The van der Waals surface area contributed by atoms with Gasteiger partial charge >= 0.3 is 0 Å². The van der Waals surface area contributed by atoms with Crippen LogP contribution in [0.4, 0.5) is 4.39 Å². The second-order valence-electron chi connectivity index (χ2n) is 4.80. The molecule has 0 aliphatic carbocycles. The van der Waals surface area contributed by atoms with Crippen LogP contribution in [0, 0.1) is 12.7 Å². The molecule has 0 N–H and O–H groups in total. The van der Waals surface area contributed by atoms with Gasteiger partial charge in [-0.25, -0.2) is 4.39 Å². The Balaban J connectivity index is 2.12. The summed E-state index contributed by atoms with van der Waals surface area (Å²) in [5, 5.41) is 8.54. The van der Waals surface area contributed by atoms with E-state index in [-0.39, 0.29) is 17.1 Å². The first-order chi connectivity index (χ1) is 10.1. The third kappa shape index (κ3) is 2.31. The van der Waals surface area contributed by atoms with Crippen molar-refractivity contribution < 1.29 is 13.6 Å². The number of hydrogen-bond donors (Lipinski definition) is 0. The van der Waals surface area contributed by atoms with Gasteiger partial charge in [-0.3, -0.25) is 4.79 Å². The molecule has 2 heterocycles. The molecule has 0 aliphatic heterocycles. The molecule has 2 aromatic heterocycles. The van der Waals surface area contributed by atoms with E-state index in [1.54, 1.807) is 31.2 Å². The summed E-state index contributed by atoms with van der Waals surface area (Å²) in [5.41, 5.74) is 1.80. The van der Waals surface area contributed by atoms with Crippen LogP contribution < -0.4 is 0 Å². The third-order valence-corrected chi connectivity index (χ3v) is 3.29. The predicted molar refractivity (Wildman–Crippen MR) is 75.8 cm³/mol. The van der Waals surface area contributed by atoms with Gasteiger partial charge < -0.3 is 4.42 Å². The molecule has 0 atom stereocenters. The molecule has 0 spiro atoms. The average Bonchev–Trinajstić information content (AvgIpc) is 2.92. The number of aryl methyl sites for hydroxylation is 2. The molecule has 0 radical (unpaired) electrons. The number of carbonyl (C=O) groups excluding carboxylic acids is 1. The maximum absolute atomic E-state index is 13.6. The number of halogens is 1. The number of hydrogen-bond acceptors (Lipinski definition) is 4. The summed E-state index contributed by atoms with van der Waals surface area (Å²) in [6.07, 6.45) is 0.586. The van der Waals surface area contributed by atoms with Crippen molar-refractivity contribution in [1.82, 2.24) is 10.2 Å². The van der Waals surface area contributed by atoms with Crippen LogP contribution in [-0.4, -0.2) is 16.0 Å². The number of para-hydroxylation sites is 1. The van der Waals surface area contributed by atoms with E-state index in [2.05, 4.69) is 10.2 Å². The summed E-state index contributed by atoms with van der Waals surface area (Å²) in [5.74, 6) is -0.677.